The van der Waals surface area contributed by atoms with Crippen molar-refractivity contribution in [3.05, 3.63) is 35.9 Å². The Hall–Kier alpha value is -0.340. The van der Waals surface area contributed by atoms with Gasteiger partial charge < -0.3 is 5.11 Å². The molecule has 0 radical (unpaired) electrons. The maximum atomic E-state index is 10.3. The number of aliphatic hydroxyl groups is 1. The third kappa shape index (κ3) is 2.33. The summed E-state index contributed by atoms with van der Waals surface area (Å²) < 4.78 is -0.0521. The van der Waals surface area contributed by atoms with Gasteiger partial charge in [0.1, 0.15) is 0 Å². The van der Waals surface area contributed by atoms with Crippen molar-refractivity contribution >= 4 is 15.9 Å². The van der Waals surface area contributed by atoms with Crippen LogP contribution in [0.15, 0.2) is 30.3 Å². The Labute approximate surface area is 106 Å². The molecule has 0 spiro atoms. The summed E-state index contributed by atoms with van der Waals surface area (Å²) in [6.45, 7) is 2.21. The average Bonchev–Trinajstić information content (AvgIpc) is 2.99. The molecule has 1 aromatic carbocycles. The second kappa shape index (κ2) is 4.89. The zero-order valence-electron chi connectivity index (χ0n) is 9.70. The van der Waals surface area contributed by atoms with Crippen LogP contribution in [0.4, 0.5) is 0 Å². The Morgan fingerprint density at radius 1 is 1.44 bits per heavy atom. The van der Waals surface area contributed by atoms with E-state index in [9.17, 15) is 5.11 Å². The standard InChI is InChI=1S/C14H19BrO/c1-2-3-9-12-10-14(12,15)13(16)11-7-5-4-6-8-11/h4-8,12-13,16H,2-3,9-10H2,1H3/t12-,13+,14+/m1/s1. The van der Waals surface area contributed by atoms with E-state index in [0.29, 0.717) is 5.92 Å². The predicted molar refractivity (Wildman–Crippen MR) is 70.7 cm³/mol. The number of hydrogen-bond acceptors (Lipinski definition) is 1. The van der Waals surface area contributed by atoms with E-state index >= 15 is 0 Å². The van der Waals surface area contributed by atoms with E-state index < -0.39 is 0 Å². The van der Waals surface area contributed by atoms with Crippen LogP contribution in [0.3, 0.4) is 0 Å². The van der Waals surface area contributed by atoms with Gasteiger partial charge in [-0.25, -0.2) is 0 Å². The minimum absolute atomic E-state index is 0.0521. The summed E-state index contributed by atoms with van der Waals surface area (Å²) in [5, 5.41) is 10.3. The molecule has 1 aromatic rings. The molecule has 0 amide bonds. The fraction of sp³-hybridized carbons (Fsp3) is 0.571. The highest BCUT2D eigenvalue weighted by atomic mass is 79.9. The van der Waals surface area contributed by atoms with E-state index in [4.69, 9.17) is 0 Å². The average molecular weight is 283 g/mol. The van der Waals surface area contributed by atoms with Crippen molar-refractivity contribution in [2.45, 2.75) is 43.0 Å². The summed E-state index contributed by atoms with van der Waals surface area (Å²) in [6, 6.07) is 9.96. The van der Waals surface area contributed by atoms with Crippen LogP contribution in [0, 0.1) is 5.92 Å². The topological polar surface area (TPSA) is 20.2 Å². The Morgan fingerprint density at radius 2 is 2.12 bits per heavy atom. The van der Waals surface area contributed by atoms with Crippen molar-refractivity contribution < 1.29 is 5.11 Å². The first-order chi connectivity index (χ1) is 7.68. The Bertz CT molecular complexity index is 338. The van der Waals surface area contributed by atoms with Crippen LogP contribution in [0.1, 0.15) is 44.3 Å². The highest BCUT2D eigenvalue weighted by molar-refractivity contribution is 9.10. The minimum atomic E-state index is -0.365. The summed E-state index contributed by atoms with van der Waals surface area (Å²) in [6.07, 6.45) is 4.46. The zero-order valence-corrected chi connectivity index (χ0v) is 11.3. The third-order valence-corrected chi connectivity index (χ3v) is 4.96. The third-order valence-electron chi connectivity index (χ3n) is 3.55. The zero-order chi connectivity index (χ0) is 11.6. The molecular weight excluding hydrogens is 264 g/mol. The van der Waals surface area contributed by atoms with Gasteiger partial charge >= 0.3 is 0 Å². The fourth-order valence-corrected chi connectivity index (χ4v) is 3.24. The summed E-state index contributed by atoms with van der Waals surface area (Å²) in [4.78, 5) is 0. The van der Waals surface area contributed by atoms with Crippen LogP contribution in [0.25, 0.3) is 0 Å². The first kappa shape index (κ1) is 12.1. The first-order valence-electron chi connectivity index (χ1n) is 6.10. The first-order valence-corrected chi connectivity index (χ1v) is 6.89. The van der Waals surface area contributed by atoms with Crippen molar-refractivity contribution in [3.8, 4) is 0 Å². The lowest BCUT2D eigenvalue weighted by Gasteiger charge is -2.18. The molecule has 1 aliphatic carbocycles. The number of alkyl halides is 1. The second-order valence-electron chi connectivity index (χ2n) is 4.78. The molecule has 0 aliphatic heterocycles. The number of halogens is 1. The van der Waals surface area contributed by atoms with E-state index in [2.05, 4.69) is 22.9 Å². The van der Waals surface area contributed by atoms with Gasteiger partial charge in [0.05, 0.1) is 10.4 Å². The van der Waals surface area contributed by atoms with E-state index in [1.165, 1.54) is 19.3 Å². The lowest BCUT2D eigenvalue weighted by atomic mass is 10.0. The number of benzene rings is 1. The van der Waals surface area contributed by atoms with Gasteiger partial charge in [-0.2, -0.15) is 0 Å². The van der Waals surface area contributed by atoms with Gasteiger partial charge in [-0.1, -0.05) is 66.0 Å². The van der Waals surface area contributed by atoms with Crippen molar-refractivity contribution in [3.63, 3.8) is 0 Å². The molecule has 3 atom stereocenters. The molecule has 1 nitrogen and oxygen atoms in total. The van der Waals surface area contributed by atoms with Crippen molar-refractivity contribution in [2.24, 2.45) is 5.92 Å². The van der Waals surface area contributed by atoms with Crippen molar-refractivity contribution in [2.75, 3.05) is 0 Å². The van der Waals surface area contributed by atoms with Gasteiger partial charge in [-0.05, 0) is 24.3 Å². The van der Waals surface area contributed by atoms with Crippen LogP contribution in [0.5, 0.6) is 0 Å². The Kier molecular flexibility index (Phi) is 3.70. The van der Waals surface area contributed by atoms with Gasteiger partial charge in [0.25, 0.3) is 0 Å². The summed E-state index contributed by atoms with van der Waals surface area (Å²) in [5.74, 6) is 0.641. The Morgan fingerprint density at radius 3 is 2.75 bits per heavy atom. The minimum Gasteiger partial charge on any atom is -0.387 e. The molecule has 0 unspecified atom stereocenters. The highest BCUT2D eigenvalue weighted by Crippen LogP contribution is 2.60. The summed E-state index contributed by atoms with van der Waals surface area (Å²) in [7, 11) is 0. The Balaban J connectivity index is 1.99. The van der Waals surface area contributed by atoms with Crippen LogP contribution in [-0.4, -0.2) is 9.43 Å². The predicted octanol–water partition coefficient (Wildman–Crippen LogP) is 4.06. The normalized spacial score (nSPS) is 30.1. The molecule has 1 N–H and O–H groups in total. The van der Waals surface area contributed by atoms with Crippen molar-refractivity contribution in [1.82, 2.24) is 0 Å². The van der Waals surface area contributed by atoms with Gasteiger partial charge in [-0.15, -0.1) is 0 Å². The molecule has 1 saturated carbocycles. The van der Waals surface area contributed by atoms with E-state index in [0.717, 1.165) is 12.0 Å². The molecule has 0 bridgehead atoms. The molecule has 16 heavy (non-hydrogen) atoms. The molecule has 0 saturated heterocycles. The van der Waals surface area contributed by atoms with Crippen molar-refractivity contribution in [1.29, 1.82) is 0 Å². The molecule has 1 fully saturated rings. The maximum Gasteiger partial charge on any atom is 0.0945 e. The number of unbranched alkanes of at least 4 members (excludes halogenated alkanes) is 1. The molecule has 1 aliphatic rings. The lowest BCUT2D eigenvalue weighted by molar-refractivity contribution is 0.162. The summed E-state index contributed by atoms with van der Waals surface area (Å²) in [5.41, 5.74) is 1.03. The van der Waals surface area contributed by atoms with E-state index in [1.54, 1.807) is 0 Å². The summed E-state index contributed by atoms with van der Waals surface area (Å²) >= 11 is 3.74. The lowest BCUT2D eigenvalue weighted by Crippen LogP contribution is -2.15. The fourth-order valence-electron chi connectivity index (χ4n) is 2.36. The second-order valence-corrected chi connectivity index (χ2v) is 6.26. The molecule has 2 heteroatoms. The van der Waals surface area contributed by atoms with Gasteiger partial charge in [0, 0.05) is 0 Å². The largest absolute Gasteiger partial charge is 0.387 e. The molecule has 88 valence electrons. The van der Waals surface area contributed by atoms with Gasteiger partial charge in [0.2, 0.25) is 0 Å². The highest BCUT2D eigenvalue weighted by Gasteiger charge is 2.56. The number of aliphatic hydroxyl groups excluding tert-OH is 1. The monoisotopic (exact) mass is 282 g/mol. The molecule has 2 rings (SSSR count). The maximum absolute atomic E-state index is 10.3. The number of rotatable bonds is 5. The van der Waals surface area contributed by atoms with E-state index in [-0.39, 0.29) is 10.4 Å². The molecule has 0 aromatic heterocycles. The van der Waals surface area contributed by atoms with Crippen LogP contribution in [-0.2, 0) is 0 Å². The van der Waals surface area contributed by atoms with E-state index in [1.807, 2.05) is 30.3 Å². The quantitative estimate of drug-likeness (QED) is 0.808. The molecular formula is C14H19BrO. The van der Waals surface area contributed by atoms with Crippen LogP contribution < -0.4 is 0 Å². The SMILES string of the molecule is CCCC[C@@H]1C[C@@]1(Br)[C@@H](O)c1ccccc1. The van der Waals surface area contributed by atoms with Gasteiger partial charge in [0.15, 0.2) is 0 Å². The number of hydrogen-bond donors (Lipinski definition) is 1. The van der Waals surface area contributed by atoms with Crippen LogP contribution >= 0.6 is 15.9 Å². The van der Waals surface area contributed by atoms with Gasteiger partial charge in [-0.3, -0.25) is 0 Å². The molecule has 0 heterocycles. The smallest absolute Gasteiger partial charge is 0.0945 e. The van der Waals surface area contributed by atoms with Crippen LogP contribution in [0.2, 0.25) is 0 Å².